The number of rotatable bonds is 9. The van der Waals surface area contributed by atoms with Gasteiger partial charge in [0.25, 0.3) is 0 Å². The predicted octanol–water partition coefficient (Wildman–Crippen LogP) is 6.35. The van der Waals surface area contributed by atoms with Crippen molar-refractivity contribution in [2.45, 2.75) is 45.3 Å². The number of halogens is 3. The topological polar surface area (TPSA) is 49.4 Å². The number of amides is 2. The van der Waals surface area contributed by atoms with Crippen LogP contribution in [0, 0.1) is 0 Å². The molecule has 0 saturated heterocycles. The standard InChI is InChI=1S/C27H27Cl3N2O2/c1-18(2)31-27(34)25(14-19-8-4-3-5-9-19)32(17-21-12-13-22(28)16-24(21)30)26(33)15-20-10-6-7-11-23(20)29/h3-13,16,18,25H,14-15,17H2,1-2H3,(H,31,34)/t25-/m0/s1. The minimum absolute atomic E-state index is 0.0606. The molecule has 178 valence electrons. The molecule has 0 aliphatic carbocycles. The SMILES string of the molecule is CC(C)NC(=O)[C@H](Cc1ccccc1)N(Cc1ccc(Cl)cc1Cl)C(=O)Cc1ccccc1Cl. The van der Waals surface area contributed by atoms with Crippen LogP contribution in [0.3, 0.4) is 0 Å². The van der Waals surface area contributed by atoms with Crippen molar-refractivity contribution in [2.24, 2.45) is 0 Å². The molecule has 7 heteroatoms. The van der Waals surface area contributed by atoms with Gasteiger partial charge in [-0.2, -0.15) is 0 Å². The van der Waals surface area contributed by atoms with Gasteiger partial charge in [-0.3, -0.25) is 9.59 Å². The molecule has 0 heterocycles. The van der Waals surface area contributed by atoms with Gasteiger partial charge < -0.3 is 10.2 Å². The van der Waals surface area contributed by atoms with E-state index in [-0.39, 0.29) is 30.8 Å². The normalized spacial score (nSPS) is 11.8. The second kappa shape index (κ2) is 12.3. The van der Waals surface area contributed by atoms with Gasteiger partial charge in [-0.25, -0.2) is 0 Å². The number of carbonyl (C=O) groups excluding carboxylic acids is 2. The largest absolute Gasteiger partial charge is 0.352 e. The summed E-state index contributed by atoms with van der Waals surface area (Å²) in [6, 6.07) is 21.2. The van der Waals surface area contributed by atoms with Crippen molar-refractivity contribution in [3.8, 4) is 0 Å². The highest BCUT2D eigenvalue weighted by Crippen LogP contribution is 2.25. The second-order valence-electron chi connectivity index (χ2n) is 8.39. The molecular formula is C27H27Cl3N2O2. The van der Waals surface area contributed by atoms with Crippen molar-refractivity contribution in [1.29, 1.82) is 0 Å². The van der Waals surface area contributed by atoms with E-state index in [0.717, 1.165) is 5.56 Å². The summed E-state index contributed by atoms with van der Waals surface area (Å²) >= 11 is 18.9. The van der Waals surface area contributed by atoms with Crippen LogP contribution in [0.5, 0.6) is 0 Å². The van der Waals surface area contributed by atoms with E-state index >= 15 is 0 Å². The summed E-state index contributed by atoms with van der Waals surface area (Å²) in [5, 5.41) is 4.41. The van der Waals surface area contributed by atoms with Crippen LogP contribution >= 0.6 is 34.8 Å². The van der Waals surface area contributed by atoms with Crippen LogP contribution in [0.4, 0.5) is 0 Å². The summed E-state index contributed by atoms with van der Waals surface area (Å²) < 4.78 is 0. The zero-order valence-corrected chi connectivity index (χ0v) is 21.4. The zero-order chi connectivity index (χ0) is 24.7. The highest BCUT2D eigenvalue weighted by atomic mass is 35.5. The first-order valence-electron chi connectivity index (χ1n) is 11.1. The van der Waals surface area contributed by atoms with Crippen LogP contribution in [-0.2, 0) is 29.0 Å². The van der Waals surface area contributed by atoms with Gasteiger partial charge in [-0.1, -0.05) is 89.4 Å². The smallest absolute Gasteiger partial charge is 0.243 e. The number of hydrogen-bond acceptors (Lipinski definition) is 2. The van der Waals surface area contributed by atoms with Gasteiger partial charge in [-0.15, -0.1) is 0 Å². The van der Waals surface area contributed by atoms with E-state index in [1.54, 1.807) is 29.2 Å². The molecule has 0 aliphatic heterocycles. The molecule has 2 amide bonds. The van der Waals surface area contributed by atoms with Gasteiger partial charge in [-0.05, 0) is 48.7 Å². The monoisotopic (exact) mass is 516 g/mol. The maximum Gasteiger partial charge on any atom is 0.243 e. The van der Waals surface area contributed by atoms with E-state index in [1.807, 2.05) is 62.4 Å². The maximum atomic E-state index is 13.7. The molecule has 34 heavy (non-hydrogen) atoms. The average molecular weight is 518 g/mol. The predicted molar refractivity (Wildman–Crippen MR) is 139 cm³/mol. The van der Waals surface area contributed by atoms with E-state index in [0.29, 0.717) is 32.6 Å². The molecule has 3 aromatic carbocycles. The minimum Gasteiger partial charge on any atom is -0.352 e. The summed E-state index contributed by atoms with van der Waals surface area (Å²) in [4.78, 5) is 28.6. The number of nitrogens with one attached hydrogen (secondary N) is 1. The van der Waals surface area contributed by atoms with Crippen molar-refractivity contribution >= 4 is 46.6 Å². The van der Waals surface area contributed by atoms with Crippen molar-refractivity contribution in [3.63, 3.8) is 0 Å². The molecule has 0 saturated carbocycles. The third-order valence-corrected chi connectivity index (χ3v) is 6.31. The summed E-state index contributed by atoms with van der Waals surface area (Å²) in [5.74, 6) is -0.449. The highest BCUT2D eigenvalue weighted by molar-refractivity contribution is 6.35. The molecule has 0 bridgehead atoms. The van der Waals surface area contributed by atoms with Crippen LogP contribution in [0.25, 0.3) is 0 Å². The summed E-state index contributed by atoms with van der Waals surface area (Å²) in [7, 11) is 0. The van der Waals surface area contributed by atoms with Crippen molar-refractivity contribution in [1.82, 2.24) is 10.2 Å². The average Bonchev–Trinajstić information content (AvgIpc) is 2.79. The molecule has 0 fully saturated rings. The zero-order valence-electron chi connectivity index (χ0n) is 19.1. The highest BCUT2D eigenvalue weighted by Gasteiger charge is 2.31. The fraction of sp³-hybridized carbons (Fsp3) is 0.259. The van der Waals surface area contributed by atoms with Gasteiger partial charge in [0.1, 0.15) is 6.04 Å². The Labute approximate surface area is 215 Å². The van der Waals surface area contributed by atoms with E-state index in [4.69, 9.17) is 34.8 Å². The van der Waals surface area contributed by atoms with Crippen molar-refractivity contribution in [2.75, 3.05) is 0 Å². The maximum absolute atomic E-state index is 13.7. The van der Waals surface area contributed by atoms with E-state index in [1.165, 1.54) is 0 Å². The quantitative estimate of drug-likeness (QED) is 0.359. The molecule has 0 radical (unpaired) electrons. The molecule has 0 aliphatic rings. The Balaban J connectivity index is 2.01. The third kappa shape index (κ3) is 7.23. The van der Waals surface area contributed by atoms with Crippen molar-refractivity contribution < 1.29 is 9.59 Å². The van der Waals surface area contributed by atoms with Crippen LogP contribution in [0.2, 0.25) is 15.1 Å². The van der Waals surface area contributed by atoms with Crippen LogP contribution in [-0.4, -0.2) is 28.8 Å². The molecule has 4 nitrogen and oxygen atoms in total. The Morgan fingerprint density at radius 3 is 2.18 bits per heavy atom. The van der Waals surface area contributed by atoms with Gasteiger partial charge in [0.2, 0.25) is 11.8 Å². The van der Waals surface area contributed by atoms with Gasteiger partial charge >= 0.3 is 0 Å². The Bertz CT molecular complexity index is 1140. The molecule has 0 spiro atoms. The third-order valence-electron chi connectivity index (χ3n) is 5.36. The summed E-state index contributed by atoms with van der Waals surface area (Å²) in [6.07, 6.45) is 0.421. The Morgan fingerprint density at radius 2 is 1.53 bits per heavy atom. The summed E-state index contributed by atoms with van der Waals surface area (Å²) in [5.41, 5.74) is 2.35. The minimum atomic E-state index is -0.744. The van der Waals surface area contributed by atoms with Gasteiger partial charge in [0, 0.05) is 34.1 Å². The molecular weight excluding hydrogens is 491 g/mol. The number of hydrogen-bond donors (Lipinski definition) is 1. The number of nitrogens with zero attached hydrogens (tertiary/aromatic N) is 1. The molecule has 1 atom stereocenters. The fourth-order valence-electron chi connectivity index (χ4n) is 3.67. The first-order valence-corrected chi connectivity index (χ1v) is 12.2. The van der Waals surface area contributed by atoms with Gasteiger partial charge in [0.05, 0.1) is 6.42 Å². The molecule has 1 N–H and O–H groups in total. The van der Waals surface area contributed by atoms with Crippen LogP contribution < -0.4 is 5.32 Å². The Morgan fingerprint density at radius 1 is 0.853 bits per heavy atom. The van der Waals surface area contributed by atoms with Crippen LogP contribution in [0.1, 0.15) is 30.5 Å². The first-order chi connectivity index (χ1) is 16.2. The molecule has 3 aromatic rings. The first kappa shape index (κ1) is 26.1. The van der Waals surface area contributed by atoms with Crippen molar-refractivity contribution in [3.05, 3.63) is 105 Å². The van der Waals surface area contributed by atoms with Gasteiger partial charge in [0.15, 0.2) is 0 Å². The molecule has 0 unspecified atom stereocenters. The van der Waals surface area contributed by atoms with Crippen LogP contribution in [0.15, 0.2) is 72.8 Å². The molecule has 0 aromatic heterocycles. The lowest BCUT2D eigenvalue weighted by atomic mass is 10.0. The van der Waals surface area contributed by atoms with E-state index in [2.05, 4.69) is 5.32 Å². The number of benzene rings is 3. The lowest BCUT2D eigenvalue weighted by Crippen LogP contribution is -2.52. The van der Waals surface area contributed by atoms with E-state index in [9.17, 15) is 9.59 Å². The van der Waals surface area contributed by atoms with E-state index < -0.39 is 6.04 Å². The lowest BCUT2D eigenvalue weighted by molar-refractivity contribution is -0.141. The second-order valence-corrected chi connectivity index (χ2v) is 9.65. The Kier molecular flexibility index (Phi) is 9.40. The number of carbonyl (C=O) groups is 2. The fourth-order valence-corrected chi connectivity index (χ4v) is 4.35. The lowest BCUT2D eigenvalue weighted by Gasteiger charge is -2.32. The summed E-state index contributed by atoms with van der Waals surface area (Å²) in [6.45, 7) is 3.94. The Hall–Kier alpha value is -2.53. The molecule has 3 rings (SSSR count).